The van der Waals surface area contributed by atoms with Crippen molar-refractivity contribution in [3.05, 3.63) is 36.4 Å². The van der Waals surface area contributed by atoms with Gasteiger partial charge in [0.1, 0.15) is 12.1 Å². The summed E-state index contributed by atoms with van der Waals surface area (Å²) in [5.41, 5.74) is 0.743. The highest BCUT2D eigenvalue weighted by Gasteiger charge is 2.08. The monoisotopic (exact) mass is 203 g/mol. The average Bonchev–Trinajstić information content (AvgIpc) is 2.76. The molecule has 0 saturated carbocycles. The maximum Gasteiger partial charge on any atom is 0.201 e. The Balaban J connectivity index is 2.58. The highest BCUT2D eigenvalue weighted by atomic mass is 16.5. The molecule has 0 radical (unpaired) electrons. The van der Waals surface area contributed by atoms with Crippen molar-refractivity contribution in [2.24, 2.45) is 0 Å². The van der Waals surface area contributed by atoms with Crippen LogP contribution >= 0.6 is 0 Å². The average molecular weight is 203 g/mol. The van der Waals surface area contributed by atoms with Crippen LogP contribution in [0.5, 0.6) is 5.75 Å². The lowest BCUT2D eigenvalue weighted by atomic mass is 10.3. The van der Waals surface area contributed by atoms with Gasteiger partial charge in [0.2, 0.25) is 5.82 Å². The molecule has 1 aromatic carbocycles. The molecule has 5 heteroatoms. The fourth-order valence-corrected chi connectivity index (χ4v) is 1.34. The van der Waals surface area contributed by atoms with E-state index in [4.69, 9.17) is 4.74 Å². The van der Waals surface area contributed by atoms with Crippen molar-refractivity contribution in [3.63, 3.8) is 0 Å². The Bertz CT molecular complexity index is 479. The van der Waals surface area contributed by atoms with Gasteiger partial charge in [0.25, 0.3) is 0 Å². The summed E-state index contributed by atoms with van der Waals surface area (Å²) >= 11 is 0. The normalized spacial score (nSPS) is 9.93. The number of methoxy groups -OCH3 is 1. The van der Waals surface area contributed by atoms with E-state index < -0.39 is 0 Å². The van der Waals surface area contributed by atoms with Crippen molar-refractivity contribution in [1.82, 2.24) is 14.8 Å². The SMILES string of the molecule is COc1ccccc1-n1cnnc1C=O. The maximum atomic E-state index is 10.7. The first-order chi connectivity index (χ1) is 7.36. The number of para-hydroxylation sites is 2. The molecule has 0 unspecified atom stereocenters. The van der Waals surface area contributed by atoms with E-state index >= 15 is 0 Å². The molecule has 1 aromatic heterocycles. The van der Waals surface area contributed by atoms with E-state index in [0.717, 1.165) is 5.69 Å². The first-order valence-corrected chi connectivity index (χ1v) is 4.35. The van der Waals surface area contributed by atoms with Crippen LogP contribution in [0.15, 0.2) is 30.6 Å². The van der Waals surface area contributed by atoms with Crippen LogP contribution in [0.4, 0.5) is 0 Å². The van der Waals surface area contributed by atoms with Gasteiger partial charge in [-0.3, -0.25) is 9.36 Å². The van der Waals surface area contributed by atoms with Crippen LogP contribution in [0.25, 0.3) is 5.69 Å². The number of benzene rings is 1. The van der Waals surface area contributed by atoms with Gasteiger partial charge in [-0.25, -0.2) is 0 Å². The van der Waals surface area contributed by atoms with Gasteiger partial charge < -0.3 is 4.74 Å². The number of ether oxygens (including phenoxy) is 1. The molecule has 0 aliphatic rings. The third kappa shape index (κ3) is 1.59. The molecule has 2 aromatic rings. The Hall–Kier alpha value is -2.17. The predicted molar refractivity (Wildman–Crippen MR) is 53.3 cm³/mol. The molecule has 76 valence electrons. The fraction of sp³-hybridized carbons (Fsp3) is 0.100. The largest absolute Gasteiger partial charge is 0.495 e. The number of carbonyl (C=O) groups excluding carboxylic acids is 1. The molecule has 0 bridgehead atoms. The summed E-state index contributed by atoms with van der Waals surface area (Å²) in [5, 5.41) is 7.35. The zero-order valence-corrected chi connectivity index (χ0v) is 8.12. The lowest BCUT2D eigenvalue weighted by Crippen LogP contribution is -2.01. The van der Waals surface area contributed by atoms with Crippen molar-refractivity contribution >= 4 is 6.29 Å². The number of nitrogens with zero attached hydrogens (tertiary/aromatic N) is 3. The number of rotatable bonds is 3. The fourth-order valence-electron chi connectivity index (χ4n) is 1.34. The molecule has 5 nitrogen and oxygen atoms in total. The van der Waals surface area contributed by atoms with Crippen LogP contribution in [0, 0.1) is 0 Å². The van der Waals surface area contributed by atoms with Crippen LogP contribution in [0.1, 0.15) is 10.6 Å². The van der Waals surface area contributed by atoms with E-state index in [2.05, 4.69) is 10.2 Å². The molecule has 1 heterocycles. The third-order valence-electron chi connectivity index (χ3n) is 2.02. The summed E-state index contributed by atoms with van der Waals surface area (Å²) < 4.78 is 6.75. The lowest BCUT2D eigenvalue weighted by Gasteiger charge is -2.08. The van der Waals surface area contributed by atoms with Gasteiger partial charge in [-0.1, -0.05) is 12.1 Å². The zero-order valence-electron chi connectivity index (χ0n) is 8.12. The van der Waals surface area contributed by atoms with Gasteiger partial charge in [0.15, 0.2) is 6.29 Å². The van der Waals surface area contributed by atoms with Gasteiger partial charge in [-0.15, -0.1) is 10.2 Å². The van der Waals surface area contributed by atoms with Crippen molar-refractivity contribution in [2.75, 3.05) is 7.11 Å². The van der Waals surface area contributed by atoms with Crippen LogP contribution < -0.4 is 4.74 Å². The summed E-state index contributed by atoms with van der Waals surface area (Å²) in [7, 11) is 1.57. The molecule has 15 heavy (non-hydrogen) atoms. The van der Waals surface area contributed by atoms with Gasteiger partial charge in [-0.2, -0.15) is 0 Å². The van der Waals surface area contributed by atoms with Crippen LogP contribution in [-0.4, -0.2) is 28.2 Å². The Labute approximate surface area is 86.3 Å². The summed E-state index contributed by atoms with van der Waals surface area (Å²) in [6.07, 6.45) is 2.13. The van der Waals surface area contributed by atoms with Gasteiger partial charge in [0, 0.05) is 0 Å². The minimum Gasteiger partial charge on any atom is -0.495 e. The Morgan fingerprint density at radius 3 is 2.93 bits per heavy atom. The first-order valence-electron chi connectivity index (χ1n) is 4.35. The Morgan fingerprint density at radius 2 is 2.20 bits per heavy atom. The van der Waals surface area contributed by atoms with E-state index in [1.165, 1.54) is 6.33 Å². The predicted octanol–water partition coefficient (Wildman–Crippen LogP) is 1.09. The van der Waals surface area contributed by atoms with E-state index in [0.29, 0.717) is 12.0 Å². The van der Waals surface area contributed by atoms with E-state index in [-0.39, 0.29) is 5.82 Å². The molecule has 0 aliphatic carbocycles. The second kappa shape index (κ2) is 3.91. The molecule has 0 saturated heterocycles. The van der Waals surface area contributed by atoms with Gasteiger partial charge >= 0.3 is 0 Å². The second-order valence-corrected chi connectivity index (χ2v) is 2.85. The minimum atomic E-state index is 0.250. The summed E-state index contributed by atoms with van der Waals surface area (Å²) in [5.74, 6) is 0.917. The Morgan fingerprint density at radius 1 is 1.40 bits per heavy atom. The number of hydrogen-bond acceptors (Lipinski definition) is 4. The van der Waals surface area contributed by atoms with E-state index in [1.54, 1.807) is 11.7 Å². The molecule has 0 atom stereocenters. The standard InChI is InChI=1S/C10H9N3O2/c1-15-9-5-3-2-4-8(9)13-7-11-12-10(13)6-14/h2-7H,1H3. The van der Waals surface area contributed by atoms with Crippen molar-refractivity contribution < 1.29 is 9.53 Å². The first kappa shape index (κ1) is 9.39. The molecule has 0 aliphatic heterocycles. The molecule has 0 N–H and O–H groups in total. The summed E-state index contributed by atoms with van der Waals surface area (Å²) in [6.45, 7) is 0. The summed E-state index contributed by atoms with van der Waals surface area (Å²) in [6, 6.07) is 7.35. The van der Waals surface area contributed by atoms with E-state index in [9.17, 15) is 4.79 Å². The number of carbonyl (C=O) groups is 1. The van der Waals surface area contributed by atoms with E-state index in [1.807, 2.05) is 24.3 Å². The van der Waals surface area contributed by atoms with Crippen molar-refractivity contribution in [1.29, 1.82) is 0 Å². The van der Waals surface area contributed by atoms with Gasteiger partial charge in [-0.05, 0) is 12.1 Å². The lowest BCUT2D eigenvalue weighted by molar-refractivity contribution is 0.111. The quantitative estimate of drug-likeness (QED) is 0.700. The third-order valence-corrected chi connectivity index (χ3v) is 2.02. The number of aldehydes is 1. The van der Waals surface area contributed by atoms with Crippen molar-refractivity contribution in [3.8, 4) is 11.4 Å². The topological polar surface area (TPSA) is 57.0 Å². The van der Waals surface area contributed by atoms with Crippen LogP contribution in [0.3, 0.4) is 0 Å². The highest BCUT2D eigenvalue weighted by Crippen LogP contribution is 2.21. The van der Waals surface area contributed by atoms with Gasteiger partial charge in [0.05, 0.1) is 12.8 Å². The number of hydrogen-bond donors (Lipinski definition) is 0. The maximum absolute atomic E-state index is 10.7. The van der Waals surface area contributed by atoms with Crippen molar-refractivity contribution in [2.45, 2.75) is 0 Å². The molecular weight excluding hydrogens is 194 g/mol. The molecule has 0 amide bonds. The molecular formula is C10H9N3O2. The van der Waals surface area contributed by atoms with Crippen LogP contribution in [0.2, 0.25) is 0 Å². The summed E-state index contributed by atoms with van der Waals surface area (Å²) in [4.78, 5) is 10.7. The molecule has 0 fully saturated rings. The second-order valence-electron chi connectivity index (χ2n) is 2.85. The minimum absolute atomic E-state index is 0.250. The Kier molecular flexibility index (Phi) is 2.45. The zero-order chi connectivity index (χ0) is 10.7. The number of aromatic nitrogens is 3. The highest BCUT2D eigenvalue weighted by molar-refractivity contribution is 5.70. The smallest absolute Gasteiger partial charge is 0.201 e. The molecule has 2 rings (SSSR count). The molecule has 0 spiro atoms. The van der Waals surface area contributed by atoms with Crippen LogP contribution in [-0.2, 0) is 0 Å².